The van der Waals surface area contributed by atoms with Gasteiger partial charge in [-0.25, -0.2) is 12.8 Å². The summed E-state index contributed by atoms with van der Waals surface area (Å²) in [5.74, 6) is 0.160. The number of hydrogen-bond acceptors (Lipinski definition) is 5. The first-order chi connectivity index (χ1) is 16.2. The van der Waals surface area contributed by atoms with Gasteiger partial charge < -0.3 is 10.7 Å². The molecule has 2 aromatic rings. The normalized spacial score (nSPS) is 20.3. The number of hydrogen-bond donors (Lipinski definition) is 2. The van der Waals surface area contributed by atoms with Crippen LogP contribution in [-0.4, -0.2) is 55.3 Å². The van der Waals surface area contributed by atoms with Crippen LogP contribution < -0.4 is 5.32 Å². The van der Waals surface area contributed by atoms with Crippen molar-refractivity contribution in [3.05, 3.63) is 58.9 Å². The van der Waals surface area contributed by atoms with E-state index in [-0.39, 0.29) is 17.1 Å². The van der Waals surface area contributed by atoms with Crippen molar-refractivity contribution >= 4 is 27.6 Å². The van der Waals surface area contributed by atoms with E-state index in [0.717, 1.165) is 48.3 Å². The molecule has 34 heavy (non-hydrogen) atoms. The number of sulfonamides is 1. The van der Waals surface area contributed by atoms with Crippen LogP contribution in [0.15, 0.2) is 36.4 Å². The molecule has 2 aliphatic rings. The third kappa shape index (κ3) is 5.19. The van der Waals surface area contributed by atoms with E-state index in [0.29, 0.717) is 31.1 Å². The predicted octanol–water partition coefficient (Wildman–Crippen LogP) is 5.07. The maximum Gasteiger partial charge on any atom is 0.217 e. The average Bonchev–Trinajstić information content (AvgIpc) is 2.74. The zero-order valence-electron chi connectivity index (χ0n) is 20.2. The molecule has 2 N–H and O–H groups in total. The third-order valence-corrected chi connectivity index (χ3v) is 9.33. The van der Waals surface area contributed by atoms with Crippen LogP contribution in [-0.2, 0) is 10.0 Å². The molecule has 0 radical (unpaired) electrons. The van der Waals surface area contributed by atoms with E-state index in [4.69, 9.17) is 5.41 Å². The van der Waals surface area contributed by atoms with Crippen LogP contribution in [0.4, 0.5) is 15.8 Å². The fourth-order valence-corrected chi connectivity index (χ4v) is 6.94. The zero-order chi connectivity index (χ0) is 24.5. The molecule has 1 saturated carbocycles. The number of benzene rings is 2. The predicted molar refractivity (Wildman–Crippen MR) is 136 cm³/mol. The van der Waals surface area contributed by atoms with Gasteiger partial charge in [0.15, 0.2) is 0 Å². The minimum absolute atomic E-state index is 0.0652. The lowest BCUT2D eigenvalue weighted by atomic mass is 9.94. The molecule has 0 bridgehead atoms. The van der Waals surface area contributed by atoms with Gasteiger partial charge in [0.05, 0.1) is 5.25 Å². The van der Waals surface area contributed by atoms with Crippen LogP contribution in [0.25, 0.3) is 0 Å². The van der Waals surface area contributed by atoms with Crippen molar-refractivity contribution in [2.75, 3.05) is 31.5 Å². The smallest absolute Gasteiger partial charge is 0.217 e. The highest BCUT2D eigenvalue weighted by Gasteiger charge is 2.40. The molecule has 184 valence electrons. The summed E-state index contributed by atoms with van der Waals surface area (Å²) in [6.07, 6.45) is 3.83. The summed E-state index contributed by atoms with van der Waals surface area (Å²) < 4.78 is 41.4. The van der Waals surface area contributed by atoms with Gasteiger partial charge in [0.2, 0.25) is 10.0 Å². The number of nitrogens with zero attached hydrogens (tertiary/aromatic N) is 2. The Kier molecular flexibility index (Phi) is 7.40. The molecule has 0 unspecified atom stereocenters. The maximum absolute atomic E-state index is 13.3. The van der Waals surface area contributed by atoms with E-state index in [1.165, 1.54) is 18.3 Å². The average molecular weight is 487 g/mol. The van der Waals surface area contributed by atoms with Gasteiger partial charge >= 0.3 is 0 Å². The van der Waals surface area contributed by atoms with Gasteiger partial charge in [-0.2, -0.15) is 4.31 Å². The largest absolute Gasteiger partial charge is 0.355 e. The SMILES string of the molecule is Cc1cc(Nc2ccc(F)cc2)c(C=N)cc1[C@H]1CN(S(=O)(=O)C2CCC2)CCN1CC(C)C. The Balaban J connectivity index is 1.66. The second-order valence-electron chi connectivity index (χ2n) is 9.93. The number of anilines is 2. The standard InChI is InChI=1S/C26H35FN4O2S/c1-18(2)16-30-11-12-31(34(32,33)23-5-4-6-23)17-26(30)24-14-20(15-28)25(13-19(24)3)29-22-9-7-21(27)8-10-22/h7-10,13-15,18,23,26,28-29H,4-6,11-12,16-17H2,1-3H3/t26-/m1/s1. The second kappa shape index (κ2) is 10.1. The van der Waals surface area contributed by atoms with Crippen LogP contribution in [0.2, 0.25) is 0 Å². The number of nitrogens with one attached hydrogen (secondary N) is 2. The Morgan fingerprint density at radius 3 is 2.47 bits per heavy atom. The Bertz CT molecular complexity index is 1130. The summed E-state index contributed by atoms with van der Waals surface area (Å²) in [6, 6.07) is 10.1. The Morgan fingerprint density at radius 1 is 1.18 bits per heavy atom. The summed E-state index contributed by atoms with van der Waals surface area (Å²) in [4.78, 5) is 2.39. The van der Waals surface area contributed by atoms with E-state index >= 15 is 0 Å². The number of aryl methyl sites for hydroxylation is 1. The summed E-state index contributed by atoms with van der Waals surface area (Å²) in [5.41, 5.74) is 4.32. The van der Waals surface area contributed by atoms with E-state index < -0.39 is 10.0 Å². The number of rotatable bonds is 8. The maximum atomic E-state index is 13.3. The van der Waals surface area contributed by atoms with Gasteiger partial charge in [-0.3, -0.25) is 4.90 Å². The van der Waals surface area contributed by atoms with Crippen molar-refractivity contribution in [2.24, 2.45) is 5.92 Å². The summed E-state index contributed by atoms with van der Waals surface area (Å²) in [5, 5.41) is 11.1. The van der Waals surface area contributed by atoms with E-state index in [1.54, 1.807) is 16.4 Å². The highest BCUT2D eigenvalue weighted by Crippen LogP contribution is 2.36. The summed E-state index contributed by atoms with van der Waals surface area (Å²) in [7, 11) is -3.28. The number of halogens is 1. The highest BCUT2D eigenvalue weighted by molar-refractivity contribution is 7.89. The van der Waals surface area contributed by atoms with E-state index in [2.05, 4.69) is 24.1 Å². The summed E-state index contributed by atoms with van der Waals surface area (Å²) in [6.45, 7) is 8.95. The third-order valence-electron chi connectivity index (χ3n) is 6.96. The minimum Gasteiger partial charge on any atom is -0.355 e. The van der Waals surface area contributed by atoms with E-state index in [9.17, 15) is 12.8 Å². The first kappa shape index (κ1) is 24.8. The van der Waals surface area contributed by atoms with Gasteiger partial charge in [-0.1, -0.05) is 20.3 Å². The molecule has 4 rings (SSSR count). The molecule has 1 saturated heterocycles. The monoisotopic (exact) mass is 486 g/mol. The molecule has 0 aromatic heterocycles. The molecular weight excluding hydrogens is 451 g/mol. The van der Waals surface area contributed by atoms with Crippen LogP contribution >= 0.6 is 0 Å². The van der Waals surface area contributed by atoms with E-state index in [1.807, 2.05) is 19.1 Å². The first-order valence-electron chi connectivity index (χ1n) is 12.1. The molecule has 1 heterocycles. The molecule has 0 spiro atoms. The van der Waals surface area contributed by atoms with Crippen LogP contribution in [0.5, 0.6) is 0 Å². The second-order valence-corrected chi connectivity index (χ2v) is 12.1. The summed E-state index contributed by atoms with van der Waals surface area (Å²) >= 11 is 0. The molecule has 8 heteroatoms. The lowest BCUT2D eigenvalue weighted by Gasteiger charge is -2.44. The topological polar surface area (TPSA) is 76.5 Å². The van der Waals surface area contributed by atoms with Crippen LogP contribution in [0.3, 0.4) is 0 Å². The van der Waals surface area contributed by atoms with Crippen molar-refractivity contribution in [1.29, 1.82) is 5.41 Å². The Morgan fingerprint density at radius 2 is 1.88 bits per heavy atom. The van der Waals surface area contributed by atoms with Gasteiger partial charge in [0.25, 0.3) is 0 Å². The minimum atomic E-state index is -3.28. The Labute approximate surface area is 202 Å². The quantitative estimate of drug-likeness (QED) is 0.511. The first-order valence-corrected chi connectivity index (χ1v) is 13.6. The zero-order valence-corrected chi connectivity index (χ0v) is 21.0. The fraction of sp³-hybridized carbons (Fsp3) is 0.500. The molecule has 1 atom stereocenters. The molecule has 6 nitrogen and oxygen atoms in total. The van der Waals surface area contributed by atoms with Gasteiger partial charge in [-0.15, -0.1) is 0 Å². The van der Waals surface area contributed by atoms with Crippen LogP contribution in [0, 0.1) is 24.1 Å². The molecule has 1 aliphatic heterocycles. The lowest BCUT2D eigenvalue weighted by Crippen LogP contribution is -2.54. The molecule has 1 aliphatic carbocycles. The molecule has 2 fully saturated rings. The van der Waals surface area contributed by atoms with Gasteiger partial charge in [0.1, 0.15) is 5.82 Å². The molecule has 0 amide bonds. The molecular formula is C26H35FN4O2S. The van der Waals surface area contributed by atoms with Crippen molar-refractivity contribution in [2.45, 2.75) is 51.3 Å². The van der Waals surface area contributed by atoms with Crippen molar-refractivity contribution in [3.63, 3.8) is 0 Å². The fourth-order valence-electron chi connectivity index (χ4n) is 4.91. The lowest BCUT2D eigenvalue weighted by molar-refractivity contribution is 0.104. The van der Waals surface area contributed by atoms with Gasteiger partial charge in [0, 0.05) is 55.4 Å². The van der Waals surface area contributed by atoms with Crippen molar-refractivity contribution < 1.29 is 12.8 Å². The van der Waals surface area contributed by atoms with Crippen molar-refractivity contribution in [1.82, 2.24) is 9.21 Å². The Hall–Kier alpha value is -2.29. The van der Waals surface area contributed by atoms with Gasteiger partial charge in [-0.05, 0) is 73.2 Å². The number of piperazine rings is 1. The molecule has 2 aromatic carbocycles. The van der Waals surface area contributed by atoms with Crippen molar-refractivity contribution in [3.8, 4) is 0 Å². The highest BCUT2D eigenvalue weighted by atomic mass is 32.2. The van der Waals surface area contributed by atoms with Crippen LogP contribution in [0.1, 0.15) is 55.8 Å².